The number of nitrogens with zero attached hydrogens (tertiary/aromatic N) is 2. The van der Waals surface area contributed by atoms with Crippen LogP contribution >= 0.6 is 0 Å². The summed E-state index contributed by atoms with van der Waals surface area (Å²) in [4.78, 5) is 12.1. The number of nitrogens with two attached hydrogens (primary N) is 1. The van der Waals surface area contributed by atoms with Crippen LogP contribution in [0.4, 0.5) is 5.69 Å². The standard InChI is InChI=1S/C16H16BN3O.C4H8.C2H6/c1-10(8-17-2)20-16-13(15(21)9-19-20)6-4-11-3-5-12(18)7-14(11)16;1-3-4-2;1-2/h3,5,7-9H,1,4,6,18H2,2H3;3-4H,1-2H3;1-2H3/b;4-3-;. The Morgan fingerprint density at radius 3 is 2.52 bits per heavy atom. The van der Waals surface area contributed by atoms with Gasteiger partial charge in [-0.15, -0.1) is 0 Å². The van der Waals surface area contributed by atoms with Gasteiger partial charge in [-0.3, -0.25) is 0 Å². The SMILES string of the molecule is C/C=C\C.C=C(C=BC)n1ncc(=O)c2c1-c1cc(N)ccc1CC2.CC. The van der Waals surface area contributed by atoms with Crippen molar-refractivity contribution in [2.24, 2.45) is 0 Å². The quantitative estimate of drug-likeness (QED) is 0.494. The predicted octanol–water partition coefficient (Wildman–Crippen LogP) is 4.22. The van der Waals surface area contributed by atoms with Crippen LogP contribution in [-0.4, -0.2) is 22.7 Å². The molecule has 1 aromatic carbocycles. The van der Waals surface area contributed by atoms with Gasteiger partial charge in [-0.2, -0.15) is 0 Å². The minimum absolute atomic E-state index is 0.0254. The zero-order chi connectivity index (χ0) is 20.4. The Kier molecular flexibility index (Phi) is 9.21. The van der Waals surface area contributed by atoms with Crippen LogP contribution in [0.1, 0.15) is 38.8 Å². The van der Waals surface area contributed by atoms with Crippen molar-refractivity contribution in [3.8, 4) is 11.3 Å². The second-order valence-electron chi connectivity index (χ2n) is 5.82. The molecular weight excluding hydrogens is 333 g/mol. The van der Waals surface area contributed by atoms with Crippen molar-refractivity contribution in [1.29, 1.82) is 0 Å². The molecule has 0 saturated carbocycles. The van der Waals surface area contributed by atoms with Gasteiger partial charge in [-0.1, -0.05) is 26.0 Å². The van der Waals surface area contributed by atoms with Crippen molar-refractivity contribution in [1.82, 2.24) is 9.78 Å². The molecule has 0 amide bonds. The number of anilines is 1. The zero-order valence-corrected chi connectivity index (χ0v) is 17.1. The molecule has 1 aliphatic carbocycles. The minimum atomic E-state index is -0.0254. The molecule has 0 atom stereocenters. The molecule has 0 bridgehead atoms. The molecular formula is C22H30BN3O. The number of rotatable bonds is 2. The molecule has 1 aliphatic rings. The molecule has 1 heterocycles. The van der Waals surface area contributed by atoms with Crippen molar-refractivity contribution in [2.45, 2.75) is 47.4 Å². The van der Waals surface area contributed by atoms with E-state index in [0.717, 1.165) is 35.4 Å². The van der Waals surface area contributed by atoms with E-state index in [0.29, 0.717) is 5.69 Å². The third-order valence-corrected chi connectivity index (χ3v) is 4.08. The van der Waals surface area contributed by atoms with E-state index in [2.05, 4.69) is 11.7 Å². The first kappa shape index (κ1) is 22.4. The van der Waals surface area contributed by atoms with Crippen LogP contribution < -0.4 is 11.2 Å². The van der Waals surface area contributed by atoms with Gasteiger partial charge in [0.15, 0.2) is 0 Å². The molecule has 0 aliphatic heterocycles. The first-order valence-electron chi connectivity index (χ1n) is 9.42. The monoisotopic (exact) mass is 363 g/mol. The van der Waals surface area contributed by atoms with Crippen molar-refractivity contribution in [2.75, 3.05) is 5.73 Å². The maximum Gasteiger partial charge on any atom is -0.0683 e. The van der Waals surface area contributed by atoms with Gasteiger partial charge in [0.2, 0.25) is 0 Å². The molecule has 142 valence electrons. The Morgan fingerprint density at radius 2 is 1.93 bits per heavy atom. The van der Waals surface area contributed by atoms with E-state index in [1.54, 1.807) is 4.68 Å². The second kappa shape index (κ2) is 11.1. The Bertz CT molecular complexity index is 891. The van der Waals surface area contributed by atoms with Gasteiger partial charge < -0.3 is 0 Å². The van der Waals surface area contributed by atoms with E-state index >= 15 is 0 Å². The van der Waals surface area contributed by atoms with Crippen LogP contribution in [0.2, 0.25) is 6.82 Å². The second-order valence-corrected chi connectivity index (χ2v) is 5.82. The topological polar surface area (TPSA) is 60.9 Å². The predicted molar refractivity (Wildman–Crippen MR) is 121 cm³/mol. The van der Waals surface area contributed by atoms with E-state index in [1.165, 1.54) is 11.8 Å². The summed E-state index contributed by atoms with van der Waals surface area (Å²) in [7, 11) is 0. The molecule has 4 nitrogen and oxygen atoms in total. The summed E-state index contributed by atoms with van der Waals surface area (Å²) in [5, 5.41) is 4.25. The Hall–Kier alpha value is -2.69. The molecule has 1 aromatic heterocycles. The zero-order valence-electron chi connectivity index (χ0n) is 17.1. The molecule has 27 heavy (non-hydrogen) atoms. The maximum atomic E-state index is 12.1. The summed E-state index contributed by atoms with van der Waals surface area (Å²) >= 11 is 0. The van der Waals surface area contributed by atoms with Crippen LogP contribution in [0.15, 0.2) is 47.9 Å². The fourth-order valence-corrected chi connectivity index (χ4v) is 2.78. The smallest absolute Gasteiger partial charge is 0.0683 e. The molecule has 2 N–H and O–H groups in total. The van der Waals surface area contributed by atoms with E-state index in [9.17, 15) is 4.79 Å². The largest absolute Gasteiger partial charge is 0.0683 e. The number of benzene rings is 1. The summed E-state index contributed by atoms with van der Waals surface area (Å²) < 4.78 is 1.73. The average molecular weight is 363 g/mol. The number of fused-ring (bicyclic) bond motifs is 3. The van der Waals surface area contributed by atoms with Gasteiger partial charge in [0, 0.05) is 0 Å². The maximum absolute atomic E-state index is 12.1. The number of nitrogen functional groups attached to an aromatic ring is 1. The summed E-state index contributed by atoms with van der Waals surface area (Å²) in [5.41, 5.74) is 11.1. The Labute approximate surface area is 163 Å². The third kappa shape index (κ3) is 5.39. The first-order chi connectivity index (χ1) is 13.0. The number of hydrogen-bond donors (Lipinski definition) is 1. The molecule has 0 radical (unpaired) electrons. The Morgan fingerprint density at radius 1 is 1.26 bits per heavy atom. The van der Waals surface area contributed by atoms with Gasteiger partial charge in [-0.05, 0) is 13.8 Å². The molecule has 5 heteroatoms. The van der Waals surface area contributed by atoms with Crippen LogP contribution in [0.25, 0.3) is 17.0 Å². The van der Waals surface area contributed by atoms with Crippen molar-refractivity contribution in [3.05, 3.63) is 64.5 Å². The fraction of sp³-hybridized carbons (Fsp3) is 0.318. The van der Waals surface area contributed by atoms with Crippen LogP contribution in [0.3, 0.4) is 0 Å². The minimum Gasteiger partial charge on any atom is -0.0683 e. The molecule has 3 rings (SSSR count). The number of aromatic nitrogens is 2. The van der Waals surface area contributed by atoms with Gasteiger partial charge >= 0.3 is 123 Å². The molecule has 0 saturated heterocycles. The normalized spacial score (nSPS) is 11.4. The fourth-order valence-electron chi connectivity index (χ4n) is 2.78. The average Bonchev–Trinajstić information content (AvgIpc) is 2.70. The van der Waals surface area contributed by atoms with E-state index in [4.69, 9.17) is 5.73 Å². The van der Waals surface area contributed by atoms with Crippen molar-refractivity contribution in [3.63, 3.8) is 0 Å². The van der Waals surface area contributed by atoms with Crippen molar-refractivity contribution < 1.29 is 0 Å². The summed E-state index contributed by atoms with van der Waals surface area (Å²) in [5.74, 6) is 1.87. The van der Waals surface area contributed by atoms with Crippen molar-refractivity contribution >= 4 is 24.3 Å². The van der Waals surface area contributed by atoms with Gasteiger partial charge in [0.25, 0.3) is 0 Å². The van der Waals surface area contributed by atoms with Gasteiger partial charge in [0.1, 0.15) is 0 Å². The van der Waals surface area contributed by atoms with Gasteiger partial charge in [-0.25, -0.2) is 0 Å². The Balaban J connectivity index is 0.000000541. The van der Waals surface area contributed by atoms with E-state index < -0.39 is 0 Å². The molecule has 2 aromatic rings. The summed E-state index contributed by atoms with van der Waals surface area (Å²) in [6.45, 7) is 15.9. The van der Waals surface area contributed by atoms with Crippen LogP contribution in [0.5, 0.6) is 0 Å². The molecule has 0 spiro atoms. The molecule has 0 fully saturated rings. The third-order valence-electron chi connectivity index (χ3n) is 4.08. The number of aryl methyl sites for hydroxylation is 1. The molecule has 0 unspecified atom stereocenters. The van der Waals surface area contributed by atoms with Gasteiger partial charge in [0.05, 0.1) is 0 Å². The first-order valence-corrected chi connectivity index (χ1v) is 9.42. The van der Waals surface area contributed by atoms with E-state index in [-0.39, 0.29) is 5.43 Å². The van der Waals surface area contributed by atoms with E-state index in [1.807, 2.05) is 77.8 Å². The van der Waals surface area contributed by atoms with Crippen LogP contribution in [-0.2, 0) is 12.8 Å². The summed E-state index contributed by atoms with van der Waals surface area (Å²) in [6, 6.07) is 5.82. The number of hydrogen-bond acceptors (Lipinski definition) is 3. The summed E-state index contributed by atoms with van der Waals surface area (Å²) in [6.07, 6.45) is 6.93. The van der Waals surface area contributed by atoms with Crippen LogP contribution in [0, 0.1) is 0 Å². The number of allylic oxidation sites excluding steroid dienone is 3.